The van der Waals surface area contributed by atoms with Crippen LogP contribution in [0.2, 0.25) is 0 Å². The molecule has 1 amide bonds. The molecule has 8 nitrogen and oxygen atoms in total. The summed E-state index contributed by atoms with van der Waals surface area (Å²) in [6.45, 7) is 6.66. The highest BCUT2D eigenvalue weighted by Gasteiger charge is 2.20. The van der Waals surface area contributed by atoms with Gasteiger partial charge in [0.25, 0.3) is 0 Å². The highest BCUT2D eigenvalue weighted by molar-refractivity contribution is 5.76. The minimum atomic E-state index is -0.587. The number of hydrogen-bond acceptors (Lipinski definition) is 7. The Labute approximate surface area is 166 Å². The summed E-state index contributed by atoms with van der Waals surface area (Å²) >= 11 is 0. The van der Waals surface area contributed by atoms with E-state index in [1.54, 1.807) is 7.11 Å². The first-order valence-electron chi connectivity index (χ1n) is 9.91. The number of aliphatic hydroxyl groups excluding tert-OH is 1. The molecule has 1 unspecified atom stereocenters. The lowest BCUT2D eigenvalue weighted by atomic mass is 10.1. The van der Waals surface area contributed by atoms with Crippen molar-refractivity contribution >= 4 is 5.91 Å². The van der Waals surface area contributed by atoms with Crippen LogP contribution in [0.15, 0.2) is 18.2 Å². The molecule has 0 bridgehead atoms. The average molecular weight is 393 g/mol. The van der Waals surface area contributed by atoms with E-state index < -0.39 is 6.10 Å². The van der Waals surface area contributed by atoms with E-state index in [1.807, 2.05) is 18.2 Å². The minimum absolute atomic E-state index is 0.0934. The number of nitrogens with zero attached hydrogens (tertiary/aromatic N) is 2. The Morgan fingerprint density at radius 1 is 1.21 bits per heavy atom. The second-order valence-electron chi connectivity index (χ2n) is 7.20. The standard InChI is InChI=1S/C20H31N3O5/c1-26-18-4-2-3-16(13-22-7-5-19(25)21-6-8-22)20(18)28-15-17(24)14-23-9-11-27-12-10-23/h2-4,17,24H,5-15H2,1H3,(H,21,25). The van der Waals surface area contributed by atoms with E-state index in [9.17, 15) is 9.90 Å². The highest BCUT2D eigenvalue weighted by Crippen LogP contribution is 2.32. The molecule has 2 aliphatic rings. The van der Waals surface area contributed by atoms with Crippen LogP contribution in [-0.2, 0) is 16.1 Å². The van der Waals surface area contributed by atoms with Crippen LogP contribution in [0.4, 0.5) is 0 Å². The van der Waals surface area contributed by atoms with Gasteiger partial charge in [0, 0.05) is 57.8 Å². The topological polar surface area (TPSA) is 83.5 Å². The number of benzene rings is 1. The van der Waals surface area contributed by atoms with Crippen LogP contribution in [0.3, 0.4) is 0 Å². The van der Waals surface area contributed by atoms with Gasteiger partial charge in [0.1, 0.15) is 12.7 Å². The Balaban J connectivity index is 1.61. The van der Waals surface area contributed by atoms with Crippen LogP contribution in [0.1, 0.15) is 12.0 Å². The SMILES string of the molecule is COc1cccc(CN2CCNC(=O)CC2)c1OCC(O)CN1CCOCC1. The lowest BCUT2D eigenvalue weighted by Crippen LogP contribution is -2.42. The Morgan fingerprint density at radius 3 is 2.82 bits per heavy atom. The van der Waals surface area contributed by atoms with Crippen LogP contribution in [-0.4, -0.2) is 93.1 Å². The Morgan fingerprint density at radius 2 is 2.04 bits per heavy atom. The zero-order chi connectivity index (χ0) is 19.8. The number of morpholine rings is 1. The van der Waals surface area contributed by atoms with Gasteiger partial charge in [0.15, 0.2) is 11.5 Å². The molecule has 1 aromatic carbocycles. The lowest BCUT2D eigenvalue weighted by Gasteiger charge is -2.28. The lowest BCUT2D eigenvalue weighted by molar-refractivity contribution is -0.120. The van der Waals surface area contributed by atoms with Gasteiger partial charge in [-0.15, -0.1) is 0 Å². The molecular weight excluding hydrogens is 362 g/mol. The molecule has 2 heterocycles. The Kier molecular flexibility index (Phi) is 7.90. The summed E-state index contributed by atoms with van der Waals surface area (Å²) < 4.78 is 16.8. The first-order valence-corrected chi connectivity index (χ1v) is 9.91. The third-order valence-corrected chi connectivity index (χ3v) is 5.07. The van der Waals surface area contributed by atoms with Gasteiger partial charge >= 0.3 is 0 Å². The van der Waals surface area contributed by atoms with Crippen LogP contribution in [0.25, 0.3) is 0 Å². The van der Waals surface area contributed by atoms with Gasteiger partial charge in [-0.25, -0.2) is 0 Å². The molecule has 2 aliphatic heterocycles. The molecule has 0 saturated carbocycles. The Hall–Kier alpha value is -1.87. The van der Waals surface area contributed by atoms with E-state index in [0.29, 0.717) is 57.3 Å². The second kappa shape index (κ2) is 10.6. The quantitative estimate of drug-likeness (QED) is 0.648. The zero-order valence-electron chi connectivity index (χ0n) is 16.6. The number of β-amino-alcohol motifs (C(OH)–C–C–N with tert-alkyl or cyclic N) is 1. The molecule has 0 spiro atoms. The minimum Gasteiger partial charge on any atom is -0.493 e. The summed E-state index contributed by atoms with van der Waals surface area (Å²) in [5.41, 5.74) is 0.993. The normalized spacial score (nSPS) is 20.3. The first-order chi connectivity index (χ1) is 13.7. The molecule has 0 aromatic heterocycles. The summed E-state index contributed by atoms with van der Waals surface area (Å²) in [6, 6.07) is 5.81. The molecule has 2 fully saturated rings. The fraction of sp³-hybridized carbons (Fsp3) is 0.650. The van der Waals surface area contributed by atoms with Crippen molar-refractivity contribution in [1.82, 2.24) is 15.1 Å². The fourth-order valence-corrected chi connectivity index (χ4v) is 3.54. The zero-order valence-corrected chi connectivity index (χ0v) is 16.6. The number of hydrogen-bond donors (Lipinski definition) is 2. The molecule has 2 N–H and O–H groups in total. The summed E-state index contributed by atoms with van der Waals surface area (Å²) in [7, 11) is 1.62. The van der Waals surface area contributed by atoms with E-state index in [4.69, 9.17) is 14.2 Å². The number of para-hydroxylation sites is 1. The molecule has 3 rings (SSSR count). The van der Waals surface area contributed by atoms with E-state index in [2.05, 4.69) is 15.1 Å². The molecule has 28 heavy (non-hydrogen) atoms. The van der Waals surface area contributed by atoms with E-state index in [-0.39, 0.29) is 12.5 Å². The number of ether oxygens (including phenoxy) is 3. The number of amides is 1. The number of nitrogens with one attached hydrogen (secondary N) is 1. The summed E-state index contributed by atoms with van der Waals surface area (Å²) in [6.07, 6.45) is -0.0887. The van der Waals surface area contributed by atoms with Crippen LogP contribution in [0, 0.1) is 0 Å². The molecule has 0 radical (unpaired) electrons. The predicted molar refractivity (Wildman–Crippen MR) is 105 cm³/mol. The smallest absolute Gasteiger partial charge is 0.221 e. The highest BCUT2D eigenvalue weighted by atomic mass is 16.5. The number of rotatable bonds is 8. The van der Waals surface area contributed by atoms with Gasteiger partial charge in [-0.3, -0.25) is 14.6 Å². The van der Waals surface area contributed by atoms with Crippen molar-refractivity contribution in [3.05, 3.63) is 23.8 Å². The van der Waals surface area contributed by atoms with Gasteiger partial charge < -0.3 is 24.6 Å². The van der Waals surface area contributed by atoms with Gasteiger partial charge in [-0.2, -0.15) is 0 Å². The maximum Gasteiger partial charge on any atom is 0.221 e. The van der Waals surface area contributed by atoms with Gasteiger partial charge in [-0.1, -0.05) is 12.1 Å². The monoisotopic (exact) mass is 393 g/mol. The van der Waals surface area contributed by atoms with Crippen molar-refractivity contribution in [3.63, 3.8) is 0 Å². The van der Waals surface area contributed by atoms with Crippen molar-refractivity contribution in [2.24, 2.45) is 0 Å². The van der Waals surface area contributed by atoms with Crippen molar-refractivity contribution in [2.45, 2.75) is 19.1 Å². The van der Waals surface area contributed by atoms with E-state index in [0.717, 1.165) is 25.2 Å². The molecule has 8 heteroatoms. The summed E-state index contributed by atoms with van der Waals surface area (Å²) in [5, 5.41) is 13.3. The molecule has 2 saturated heterocycles. The van der Waals surface area contributed by atoms with E-state index >= 15 is 0 Å². The largest absolute Gasteiger partial charge is 0.493 e. The maximum atomic E-state index is 11.6. The van der Waals surface area contributed by atoms with Gasteiger partial charge in [0.05, 0.1) is 20.3 Å². The first kappa shape index (κ1) is 20.9. The molecule has 1 aromatic rings. The molecule has 156 valence electrons. The molecule has 1 atom stereocenters. The number of aliphatic hydroxyl groups is 1. The number of methoxy groups -OCH3 is 1. The van der Waals surface area contributed by atoms with Crippen molar-refractivity contribution in [1.29, 1.82) is 0 Å². The Bertz CT molecular complexity index is 636. The van der Waals surface area contributed by atoms with Crippen molar-refractivity contribution in [3.8, 4) is 11.5 Å². The number of carbonyl (C=O) groups excluding carboxylic acids is 1. The van der Waals surface area contributed by atoms with Gasteiger partial charge in [-0.05, 0) is 6.07 Å². The van der Waals surface area contributed by atoms with Crippen molar-refractivity contribution in [2.75, 3.05) is 66.2 Å². The second-order valence-corrected chi connectivity index (χ2v) is 7.20. The van der Waals surface area contributed by atoms with E-state index in [1.165, 1.54) is 0 Å². The fourth-order valence-electron chi connectivity index (χ4n) is 3.54. The van der Waals surface area contributed by atoms with Crippen LogP contribution >= 0.6 is 0 Å². The van der Waals surface area contributed by atoms with Crippen LogP contribution in [0.5, 0.6) is 11.5 Å². The van der Waals surface area contributed by atoms with Crippen LogP contribution < -0.4 is 14.8 Å². The predicted octanol–water partition coefficient (Wildman–Crippen LogP) is 0.0890. The van der Waals surface area contributed by atoms with Gasteiger partial charge in [0.2, 0.25) is 5.91 Å². The summed E-state index contributed by atoms with van der Waals surface area (Å²) in [5.74, 6) is 1.41. The third-order valence-electron chi connectivity index (χ3n) is 5.07. The average Bonchev–Trinajstić information content (AvgIpc) is 2.91. The number of carbonyl (C=O) groups is 1. The maximum absolute atomic E-state index is 11.6. The third kappa shape index (κ3) is 6.07. The molecule has 0 aliphatic carbocycles. The molecular formula is C20H31N3O5. The summed E-state index contributed by atoms with van der Waals surface area (Å²) in [4.78, 5) is 16.0. The van der Waals surface area contributed by atoms with Crippen molar-refractivity contribution < 1.29 is 24.1 Å².